The summed E-state index contributed by atoms with van der Waals surface area (Å²) in [5.41, 5.74) is 1.03. The fraction of sp³-hybridized carbons (Fsp3) is 0.611. The number of amides is 1. The van der Waals surface area contributed by atoms with Crippen LogP contribution < -0.4 is 0 Å². The highest BCUT2D eigenvalue weighted by molar-refractivity contribution is 5.78. The van der Waals surface area contributed by atoms with Crippen LogP contribution in [-0.2, 0) is 15.1 Å². The Balaban J connectivity index is 1.68. The van der Waals surface area contributed by atoms with E-state index in [4.69, 9.17) is 4.74 Å². The number of alkyl halides is 2. The van der Waals surface area contributed by atoms with Gasteiger partial charge in [-0.2, -0.15) is 0 Å². The molecule has 0 aromatic heterocycles. The van der Waals surface area contributed by atoms with Crippen LogP contribution in [0.25, 0.3) is 0 Å². The molecular formula is C18H23F2NO2. The molecule has 2 atom stereocenters. The Labute approximate surface area is 135 Å². The molecule has 0 N–H and O–H groups in total. The number of nitrogens with zero attached hydrogens (tertiary/aromatic N) is 1. The molecule has 1 amide bonds. The van der Waals surface area contributed by atoms with Gasteiger partial charge < -0.3 is 9.64 Å². The van der Waals surface area contributed by atoms with Crippen LogP contribution in [0.15, 0.2) is 30.3 Å². The summed E-state index contributed by atoms with van der Waals surface area (Å²) >= 11 is 0. The second-order valence-corrected chi connectivity index (χ2v) is 6.45. The number of carbonyl (C=O) groups is 1. The quantitative estimate of drug-likeness (QED) is 0.749. The van der Waals surface area contributed by atoms with E-state index >= 15 is 0 Å². The Kier molecular flexibility index (Phi) is 4.95. The number of fused-ring (bicyclic) bond motifs is 1. The van der Waals surface area contributed by atoms with Gasteiger partial charge in [-0.25, -0.2) is 8.78 Å². The van der Waals surface area contributed by atoms with Gasteiger partial charge in [-0.3, -0.25) is 4.79 Å². The van der Waals surface area contributed by atoms with Crippen LogP contribution in [0, 0.1) is 5.92 Å². The largest absolute Gasteiger partial charge is 0.375 e. The van der Waals surface area contributed by atoms with Crippen LogP contribution in [0.1, 0.15) is 37.7 Å². The minimum Gasteiger partial charge on any atom is -0.375 e. The smallest absolute Gasteiger partial charge is 0.261 e. The van der Waals surface area contributed by atoms with Crippen molar-refractivity contribution in [2.45, 2.75) is 44.1 Å². The molecular weight excluding hydrogens is 300 g/mol. The zero-order chi connectivity index (χ0) is 16.3. The van der Waals surface area contributed by atoms with Crippen molar-refractivity contribution in [2.24, 2.45) is 5.92 Å². The van der Waals surface area contributed by atoms with Crippen molar-refractivity contribution in [1.82, 2.24) is 4.90 Å². The number of rotatable bonds is 6. The average molecular weight is 323 g/mol. The molecule has 3 rings (SSSR count). The van der Waals surface area contributed by atoms with Gasteiger partial charge in [0.25, 0.3) is 6.43 Å². The maximum Gasteiger partial charge on any atom is 0.261 e. The van der Waals surface area contributed by atoms with Gasteiger partial charge in [0.2, 0.25) is 5.91 Å². The zero-order valence-corrected chi connectivity index (χ0v) is 13.2. The first kappa shape index (κ1) is 16.4. The third-order valence-corrected chi connectivity index (χ3v) is 5.20. The lowest BCUT2D eigenvalue weighted by Gasteiger charge is -2.61. The van der Waals surface area contributed by atoms with Crippen molar-refractivity contribution >= 4 is 5.91 Å². The molecule has 2 fully saturated rings. The average Bonchev–Trinajstić information content (AvgIpc) is 2.53. The summed E-state index contributed by atoms with van der Waals surface area (Å²) in [4.78, 5) is 14.5. The zero-order valence-electron chi connectivity index (χ0n) is 13.2. The van der Waals surface area contributed by atoms with E-state index in [1.807, 2.05) is 23.1 Å². The van der Waals surface area contributed by atoms with E-state index in [-0.39, 0.29) is 24.5 Å². The van der Waals surface area contributed by atoms with Gasteiger partial charge in [-0.15, -0.1) is 0 Å². The van der Waals surface area contributed by atoms with Gasteiger partial charge in [0.1, 0.15) is 6.61 Å². The maximum atomic E-state index is 12.6. The summed E-state index contributed by atoms with van der Waals surface area (Å²) < 4.78 is 29.0. The first-order valence-electron chi connectivity index (χ1n) is 8.36. The van der Waals surface area contributed by atoms with Gasteiger partial charge in [0.15, 0.2) is 0 Å². The molecule has 1 aromatic rings. The molecule has 0 radical (unpaired) electrons. The molecule has 2 aliphatic rings. The molecule has 0 unspecified atom stereocenters. The number of halogens is 2. The van der Waals surface area contributed by atoms with Crippen LogP contribution in [0.2, 0.25) is 0 Å². The Morgan fingerprint density at radius 3 is 2.78 bits per heavy atom. The molecule has 5 heteroatoms. The molecule has 0 spiro atoms. The fourth-order valence-corrected chi connectivity index (χ4v) is 4.15. The number of hydrogen-bond donors (Lipinski definition) is 0. The van der Waals surface area contributed by atoms with Crippen LogP contribution in [0.3, 0.4) is 0 Å². The molecule has 3 nitrogen and oxygen atoms in total. The summed E-state index contributed by atoms with van der Waals surface area (Å²) in [6, 6.07) is 10.2. The minimum atomic E-state index is -2.48. The van der Waals surface area contributed by atoms with Gasteiger partial charge in [0.05, 0.1) is 18.6 Å². The monoisotopic (exact) mass is 323 g/mol. The van der Waals surface area contributed by atoms with E-state index in [1.165, 1.54) is 12.0 Å². The molecule has 1 saturated heterocycles. The second kappa shape index (κ2) is 6.95. The van der Waals surface area contributed by atoms with Crippen molar-refractivity contribution in [1.29, 1.82) is 0 Å². The van der Waals surface area contributed by atoms with Crippen LogP contribution in [-0.4, -0.2) is 37.0 Å². The first-order valence-corrected chi connectivity index (χ1v) is 8.36. The molecule has 126 valence electrons. The van der Waals surface area contributed by atoms with Crippen LogP contribution in [0.5, 0.6) is 0 Å². The van der Waals surface area contributed by atoms with Crippen molar-refractivity contribution < 1.29 is 18.3 Å². The molecule has 1 aliphatic carbocycles. The number of hydrogen-bond acceptors (Lipinski definition) is 2. The topological polar surface area (TPSA) is 29.5 Å². The van der Waals surface area contributed by atoms with Crippen LogP contribution in [0.4, 0.5) is 8.78 Å². The van der Waals surface area contributed by atoms with Gasteiger partial charge in [-0.05, 0) is 18.4 Å². The number of likely N-dealkylation sites (tertiary alicyclic amines) is 1. The molecule has 1 heterocycles. The van der Waals surface area contributed by atoms with E-state index in [0.29, 0.717) is 5.92 Å². The van der Waals surface area contributed by atoms with Crippen LogP contribution >= 0.6 is 0 Å². The summed E-state index contributed by atoms with van der Waals surface area (Å²) in [6.07, 6.45) is 2.18. The fourth-order valence-electron chi connectivity index (χ4n) is 4.15. The summed E-state index contributed by atoms with van der Waals surface area (Å²) in [6.45, 7) is 0.248. The highest BCUT2D eigenvalue weighted by Crippen LogP contribution is 2.53. The lowest BCUT2D eigenvalue weighted by molar-refractivity contribution is -0.168. The standard InChI is InChI=1S/C18H23F2NO2/c19-16(20)13-23-11-9-17(22)21-12-15-8-4-5-10-18(15,21)14-6-2-1-3-7-14/h1-3,6-7,15-16H,4-5,8-13H2/t15-,18+/m1/s1. The van der Waals surface area contributed by atoms with E-state index in [1.54, 1.807) is 0 Å². The molecule has 1 saturated carbocycles. The van der Waals surface area contributed by atoms with Gasteiger partial charge in [-0.1, -0.05) is 43.2 Å². The van der Waals surface area contributed by atoms with E-state index in [9.17, 15) is 13.6 Å². The van der Waals surface area contributed by atoms with E-state index < -0.39 is 13.0 Å². The third kappa shape index (κ3) is 3.11. The van der Waals surface area contributed by atoms with Gasteiger partial charge >= 0.3 is 0 Å². The van der Waals surface area contributed by atoms with Gasteiger partial charge in [0, 0.05) is 12.5 Å². The summed E-state index contributed by atoms with van der Waals surface area (Å²) in [5, 5.41) is 0. The Bertz CT molecular complexity index is 537. The number of benzene rings is 1. The minimum absolute atomic E-state index is 0.0151. The maximum absolute atomic E-state index is 12.6. The van der Waals surface area contributed by atoms with Crippen molar-refractivity contribution in [3.8, 4) is 0 Å². The van der Waals surface area contributed by atoms with E-state index in [2.05, 4.69) is 12.1 Å². The highest BCUT2D eigenvalue weighted by Gasteiger charge is 2.56. The Hall–Kier alpha value is -1.49. The van der Waals surface area contributed by atoms with Crippen molar-refractivity contribution in [3.05, 3.63) is 35.9 Å². The molecule has 0 bridgehead atoms. The number of ether oxygens (including phenoxy) is 1. The molecule has 1 aromatic carbocycles. The Morgan fingerprint density at radius 2 is 2.09 bits per heavy atom. The predicted molar refractivity (Wildman–Crippen MR) is 83.2 cm³/mol. The predicted octanol–water partition coefficient (Wildman–Crippen LogP) is 3.59. The van der Waals surface area contributed by atoms with Crippen molar-refractivity contribution in [2.75, 3.05) is 19.8 Å². The lowest BCUT2D eigenvalue weighted by atomic mass is 9.61. The SMILES string of the molecule is O=C(CCOCC(F)F)N1C[C@H]2CCCC[C@]21c1ccccc1. The molecule has 1 aliphatic heterocycles. The second-order valence-electron chi connectivity index (χ2n) is 6.45. The Morgan fingerprint density at radius 1 is 1.30 bits per heavy atom. The highest BCUT2D eigenvalue weighted by atomic mass is 19.3. The van der Waals surface area contributed by atoms with Crippen molar-refractivity contribution in [3.63, 3.8) is 0 Å². The normalized spacial score (nSPS) is 26.7. The summed E-state index contributed by atoms with van der Waals surface area (Å²) in [5.74, 6) is 0.533. The van der Waals surface area contributed by atoms with E-state index in [0.717, 1.165) is 25.8 Å². The lowest BCUT2D eigenvalue weighted by Crippen LogP contribution is -2.67. The molecule has 23 heavy (non-hydrogen) atoms. The summed E-state index contributed by atoms with van der Waals surface area (Å²) in [7, 11) is 0. The first-order chi connectivity index (χ1) is 11.1. The third-order valence-electron chi connectivity index (χ3n) is 5.20. The number of carbonyl (C=O) groups excluding carboxylic acids is 1.